The van der Waals surface area contributed by atoms with Crippen LogP contribution in [0, 0.1) is 5.92 Å². The summed E-state index contributed by atoms with van der Waals surface area (Å²) in [7, 11) is 0. The molecule has 0 spiro atoms. The lowest BCUT2D eigenvalue weighted by Crippen LogP contribution is -2.19. The van der Waals surface area contributed by atoms with Crippen molar-refractivity contribution < 1.29 is 0 Å². The highest BCUT2D eigenvalue weighted by Crippen LogP contribution is 2.32. The van der Waals surface area contributed by atoms with E-state index in [1.807, 2.05) is 0 Å². The molecule has 16 heavy (non-hydrogen) atoms. The molecule has 1 aliphatic heterocycles. The Morgan fingerprint density at radius 2 is 2.31 bits per heavy atom. The predicted molar refractivity (Wildman–Crippen MR) is 73.7 cm³/mol. The molecular weight excluding hydrogens is 284 g/mol. The Kier molecular flexibility index (Phi) is 2.86. The molecule has 0 saturated carbocycles. The van der Waals surface area contributed by atoms with Crippen LogP contribution in [0.4, 0.5) is 5.13 Å². The standard InChI is InChI=1S/C12H13BrN2S/c13-7-9-5-6-15(8-9)12-14-10-3-1-2-4-11(10)16-12/h1-4,9H,5-8H2. The molecule has 1 atom stereocenters. The minimum atomic E-state index is 0.784. The van der Waals surface area contributed by atoms with E-state index in [1.54, 1.807) is 11.3 Å². The lowest BCUT2D eigenvalue weighted by molar-refractivity contribution is 0.676. The molecule has 84 valence electrons. The summed E-state index contributed by atoms with van der Waals surface area (Å²) in [5.41, 5.74) is 1.13. The van der Waals surface area contributed by atoms with Crippen LogP contribution in [0.1, 0.15) is 6.42 Å². The summed E-state index contributed by atoms with van der Waals surface area (Å²) >= 11 is 5.37. The number of aromatic nitrogens is 1. The number of nitrogens with zero attached hydrogens (tertiary/aromatic N) is 2. The molecular formula is C12H13BrN2S. The number of hydrogen-bond donors (Lipinski definition) is 0. The Balaban J connectivity index is 1.89. The molecule has 2 nitrogen and oxygen atoms in total. The van der Waals surface area contributed by atoms with E-state index >= 15 is 0 Å². The maximum atomic E-state index is 4.69. The van der Waals surface area contributed by atoms with E-state index in [0.717, 1.165) is 29.9 Å². The first-order valence-electron chi connectivity index (χ1n) is 5.53. The third kappa shape index (κ3) is 1.84. The molecule has 0 radical (unpaired) electrons. The topological polar surface area (TPSA) is 16.1 Å². The number of para-hydroxylation sites is 1. The molecule has 2 heterocycles. The zero-order chi connectivity index (χ0) is 11.0. The molecule has 2 aromatic rings. The second kappa shape index (κ2) is 4.34. The Hall–Kier alpha value is -0.610. The molecule has 0 amide bonds. The van der Waals surface area contributed by atoms with Crippen molar-refractivity contribution in [3.8, 4) is 0 Å². The van der Waals surface area contributed by atoms with E-state index in [9.17, 15) is 0 Å². The number of fused-ring (bicyclic) bond motifs is 1. The molecule has 0 N–H and O–H groups in total. The molecule has 1 saturated heterocycles. The lowest BCUT2D eigenvalue weighted by Gasteiger charge is -2.13. The van der Waals surface area contributed by atoms with Gasteiger partial charge in [0.25, 0.3) is 0 Å². The number of alkyl halides is 1. The maximum absolute atomic E-state index is 4.69. The molecule has 0 aliphatic carbocycles. The molecule has 1 fully saturated rings. The van der Waals surface area contributed by atoms with Crippen LogP contribution >= 0.6 is 27.3 Å². The van der Waals surface area contributed by atoms with Gasteiger partial charge in [0.05, 0.1) is 10.2 Å². The van der Waals surface area contributed by atoms with Gasteiger partial charge in [-0.1, -0.05) is 39.4 Å². The van der Waals surface area contributed by atoms with E-state index in [-0.39, 0.29) is 0 Å². The Morgan fingerprint density at radius 1 is 1.44 bits per heavy atom. The Bertz CT molecular complexity index is 463. The van der Waals surface area contributed by atoms with E-state index in [4.69, 9.17) is 4.98 Å². The fourth-order valence-corrected chi connectivity index (χ4v) is 3.66. The number of anilines is 1. The minimum absolute atomic E-state index is 0.784. The Morgan fingerprint density at radius 3 is 3.06 bits per heavy atom. The molecule has 1 aliphatic rings. The summed E-state index contributed by atoms with van der Waals surface area (Å²) in [6.45, 7) is 2.29. The summed E-state index contributed by atoms with van der Waals surface area (Å²) in [6.07, 6.45) is 1.28. The average Bonchev–Trinajstić information content (AvgIpc) is 2.95. The van der Waals surface area contributed by atoms with Crippen LogP contribution in [0.2, 0.25) is 0 Å². The average molecular weight is 297 g/mol. The fraction of sp³-hybridized carbons (Fsp3) is 0.417. The van der Waals surface area contributed by atoms with Crippen molar-refractivity contribution in [2.24, 2.45) is 5.92 Å². The number of rotatable bonds is 2. The van der Waals surface area contributed by atoms with Crippen molar-refractivity contribution in [2.75, 3.05) is 23.3 Å². The van der Waals surface area contributed by atoms with E-state index in [1.165, 1.54) is 16.3 Å². The van der Waals surface area contributed by atoms with Crippen molar-refractivity contribution in [1.82, 2.24) is 4.98 Å². The Labute approximate surface area is 107 Å². The normalized spacial score (nSPS) is 20.8. The van der Waals surface area contributed by atoms with Crippen LogP contribution in [0.5, 0.6) is 0 Å². The fourth-order valence-electron chi connectivity index (χ4n) is 2.13. The van der Waals surface area contributed by atoms with Gasteiger partial charge in [0.15, 0.2) is 5.13 Å². The summed E-state index contributed by atoms with van der Waals surface area (Å²) in [5, 5.41) is 2.29. The zero-order valence-electron chi connectivity index (χ0n) is 8.90. The van der Waals surface area contributed by atoms with Crippen molar-refractivity contribution in [3.63, 3.8) is 0 Å². The van der Waals surface area contributed by atoms with Crippen LogP contribution < -0.4 is 4.90 Å². The molecule has 4 heteroatoms. The van der Waals surface area contributed by atoms with Crippen LogP contribution in [-0.4, -0.2) is 23.4 Å². The van der Waals surface area contributed by atoms with E-state index < -0.39 is 0 Å². The number of thiazole rings is 1. The molecule has 1 aromatic carbocycles. The highest BCUT2D eigenvalue weighted by atomic mass is 79.9. The van der Waals surface area contributed by atoms with Crippen molar-refractivity contribution in [2.45, 2.75) is 6.42 Å². The minimum Gasteiger partial charge on any atom is -0.348 e. The first-order chi connectivity index (χ1) is 7.86. The van der Waals surface area contributed by atoms with Gasteiger partial charge < -0.3 is 4.90 Å². The van der Waals surface area contributed by atoms with E-state index in [2.05, 4.69) is 45.1 Å². The number of halogens is 1. The zero-order valence-corrected chi connectivity index (χ0v) is 11.3. The summed E-state index contributed by atoms with van der Waals surface area (Å²) in [5.74, 6) is 0.784. The van der Waals surface area contributed by atoms with Gasteiger partial charge in [-0.15, -0.1) is 0 Å². The van der Waals surface area contributed by atoms with Crippen LogP contribution in [-0.2, 0) is 0 Å². The van der Waals surface area contributed by atoms with Gasteiger partial charge in [-0.2, -0.15) is 0 Å². The van der Waals surface area contributed by atoms with Crippen molar-refractivity contribution in [3.05, 3.63) is 24.3 Å². The molecule has 0 bridgehead atoms. The quantitative estimate of drug-likeness (QED) is 0.789. The van der Waals surface area contributed by atoms with Gasteiger partial charge in [0.2, 0.25) is 0 Å². The highest BCUT2D eigenvalue weighted by Gasteiger charge is 2.23. The van der Waals surface area contributed by atoms with Crippen molar-refractivity contribution in [1.29, 1.82) is 0 Å². The molecule has 1 aromatic heterocycles. The van der Waals surface area contributed by atoms with Crippen LogP contribution in [0.3, 0.4) is 0 Å². The first kappa shape index (κ1) is 10.5. The van der Waals surface area contributed by atoms with Gasteiger partial charge >= 0.3 is 0 Å². The summed E-state index contributed by atoms with van der Waals surface area (Å²) in [4.78, 5) is 7.11. The number of benzene rings is 1. The first-order valence-corrected chi connectivity index (χ1v) is 7.47. The van der Waals surface area contributed by atoms with Crippen LogP contribution in [0.15, 0.2) is 24.3 Å². The van der Waals surface area contributed by atoms with Gasteiger partial charge in [-0.05, 0) is 24.5 Å². The largest absolute Gasteiger partial charge is 0.348 e. The summed E-state index contributed by atoms with van der Waals surface area (Å²) in [6, 6.07) is 8.37. The smallest absolute Gasteiger partial charge is 0.186 e. The monoisotopic (exact) mass is 296 g/mol. The third-order valence-electron chi connectivity index (χ3n) is 3.06. The van der Waals surface area contributed by atoms with Gasteiger partial charge in [0.1, 0.15) is 0 Å². The van der Waals surface area contributed by atoms with E-state index in [0.29, 0.717) is 0 Å². The maximum Gasteiger partial charge on any atom is 0.186 e. The van der Waals surface area contributed by atoms with Crippen LogP contribution in [0.25, 0.3) is 10.2 Å². The number of hydrogen-bond acceptors (Lipinski definition) is 3. The van der Waals surface area contributed by atoms with Crippen molar-refractivity contribution >= 4 is 42.6 Å². The predicted octanol–water partition coefficient (Wildman–Crippen LogP) is 3.52. The van der Waals surface area contributed by atoms with Gasteiger partial charge in [0, 0.05) is 18.4 Å². The van der Waals surface area contributed by atoms with Gasteiger partial charge in [-0.25, -0.2) is 4.98 Å². The highest BCUT2D eigenvalue weighted by molar-refractivity contribution is 9.09. The second-order valence-electron chi connectivity index (χ2n) is 4.22. The van der Waals surface area contributed by atoms with Gasteiger partial charge in [-0.3, -0.25) is 0 Å². The molecule has 1 unspecified atom stereocenters. The third-order valence-corrected chi connectivity index (χ3v) is 5.07. The lowest BCUT2D eigenvalue weighted by atomic mass is 10.2. The SMILES string of the molecule is BrCC1CCN(c2nc3ccccc3s2)C1. The molecule has 3 rings (SSSR count). The summed E-state index contributed by atoms with van der Waals surface area (Å²) < 4.78 is 1.29. The second-order valence-corrected chi connectivity index (χ2v) is 5.88.